The molecule has 2 aromatic rings. The summed E-state index contributed by atoms with van der Waals surface area (Å²) in [6.07, 6.45) is 7.46. The van der Waals surface area contributed by atoms with Gasteiger partial charge in [-0.1, -0.05) is 60.9 Å². The van der Waals surface area contributed by atoms with Gasteiger partial charge in [-0.3, -0.25) is 0 Å². The molecule has 4 nitrogen and oxygen atoms in total. The molecule has 0 aliphatic carbocycles. The molecule has 0 radical (unpaired) electrons. The topological polar surface area (TPSA) is 50.9 Å². The minimum absolute atomic E-state index is 0.0820. The molecule has 1 aromatic carbocycles. The van der Waals surface area contributed by atoms with Crippen LogP contribution in [-0.4, -0.2) is 20.1 Å². The zero-order chi connectivity index (χ0) is 15.1. The second-order valence-corrected chi connectivity index (χ2v) is 5.25. The van der Waals surface area contributed by atoms with Gasteiger partial charge >= 0.3 is 0 Å². The van der Waals surface area contributed by atoms with Crippen LogP contribution in [0.4, 0.5) is 0 Å². The predicted octanol–water partition coefficient (Wildman–Crippen LogP) is 3.44. The lowest BCUT2D eigenvalue weighted by molar-refractivity contribution is 0.276. The Morgan fingerprint density at radius 3 is 2.57 bits per heavy atom. The van der Waals surface area contributed by atoms with E-state index in [4.69, 9.17) is 0 Å². The van der Waals surface area contributed by atoms with Gasteiger partial charge in [0, 0.05) is 6.54 Å². The summed E-state index contributed by atoms with van der Waals surface area (Å²) in [7, 11) is 0. The summed E-state index contributed by atoms with van der Waals surface area (Å²) in [6, 6.07) is 8.33. The van der Waals surface area contributed by atoms with Crippen molar-refractivity contribution in [3.8, 4) is 0 Å². The fourth-order valence-corrected chi connectivity index (χ4v) is 2.18. The molecule has 0 fully saturated rings. The van der Waals surface area contributed by atoms with Crippen LogP contribution in [0.3, 0.4) is 0 Å². The Morgan fingerprint density at radius 2 is 1.90 bits per heavy atom. The van der Waals surface area contributed by atoms with Crippen molar-refractivity contribution in [3.63, 3.8) is 0 Å². The molecular formula is C17H23N3O. The lowest BCUT2D eigenvalue weighted by atomic mass is 10.1. The summed E-state index contributed by atoms with van der Waals surface area (Å²) in [5, 5.41) is 17.6. The number of aliphatic hydroxyl groups is 1. The van der Waals surface area contributed by atoms with Crippen LogP contribution in [0.25, 0.3) is 12.2 Å². The maximum Gasteiger partial charge on any atom is 0.115 e. The number of hydrogen-bond donors (Lipinski definition) is 1. The molecule has 0 unspecified atom stereocenters. The average Bonchev–Trinajstić information content (AvgIpc) is 2.89. The number of unbranched alkanes of at least 4 members (excludes halogenated alkanes) is 2. The summed E-state index contributed by atoms with van der Waals surface area (Å²) >= 11 is 0. The van der Waals surface area contributed by atoms with Gasteiger partial charge in [-0.15, -0.1) is 5.10 Å². The zero-order valence-electron chi connectivity index (χ0n) is 12.8. The van der Waals surface area contributed by atoms with E-state index in [1.807, 2.05) is 16.8 Å². The maximum absolute atomic E-state index is 9.39. The summed E-state index contributed by atoms with van der Waals surface area (Å²) in [4.78, 5) is 0. The largest absolute Gasteiger partial charge is 0.390 e. The lowest BCUT2D eigenvalue weighted by Gasteiger charge is -2.03. The molecule has 0 bridgehead atoms. The molecule has 0 saturated heterocycles. The molecule has 0 aliphatic rings. The standard InChI is InChI=1S/C17H23N3O/c1-3-4-5-12-20-17(16(13-21)18-19-20)11-10-15-8-6-14(2)7-9-15/h6-11,21H,3-5,12-13H2,1-2H3/b11-10+. The monoisotopic (exact) mass is 285 g/mol. The van der Waals surface area contributed by atoms with Crippen molar-refractivity contribution in [1.29, 1.82) is 0 Å². The lowest BCUT2D eigenvalue weighted by Crippen LogP contribution is -2.03. The van der Waals surface area contributed by atoms with E-state index >= 15 is 0 Å². The minimum Gasteiger partial charge on any atom is -0.390 e. The number of nitrogens with zero attached hydrogens (tertiary/aromatic N) is 3. The van der Waals surface area contributed by atoms with Crippen LogP contribution in [-0.2, 0) is 13.2 Å². The Kier molecular flexibility index (Phi) is 5.69. The van der Waals surface area contributed by atoms with Gasteiger partial charge in [0.1, 0.15) is 5.69 Å². The van der Waals surface area contributed by atoms with Gasteiger partial charge in [0.05, 0.1) is 12.3 Å². The molecule has 1 N–H and O–H groups in total. The smallest absolute Gasteiger partial charge is 0.115 e. The van der Waals surface area contributed by atoms with Crippen LogP contribution in [0.2, 0.25) is 0 Å². The van der Waals surface area contributed by atoms with E-state index < -0.39 is 0 Å². The van der Waals surface area contributed by atoms with Crippen LogP contribution in [0.1, 0.15) is 48.7 Å². The molecule has 4 heteroatoms. The number of aliphatic hydroxyl groups excluding tert-OH is 1. The van der Waals surface area contributed by atoms with Crippen molar-refractivity contribution in [2.75, 3.05) is 0 Å². The molecule has 0 saturated carbocycles. The van der Waals surface area contributed by atoms with Gasteiger partial charge in [-0.05, 0) is 25.0 Å². The van der Waals surface area contributed by atoms with Crippen molar-refractivity contribution in [2.24, 2.45) is 0 Å². The molecule has 1 aromatic heterocycles. The molecule has 0 aliphatic heterocycles. The molecule has 112 valence electrons. The zero-order valence-corrected chi connectivity index (χ0v) is 12.8. The maximum atomic E-state index is 9.39. The highest BCUT2D eigenvalue weighted by Gasteiger charge is 2.08. The van der Waals surface area contributed by atoms with E-state index in [2.05, 4.69) is 48.4 Å². The van der Waals surface area contributed by atoms with Gasteiger partial charge in [-0.25, -0.2) is 4.68 Å². The summed E-state index contributed by atoms with van der Waals surface area (Å²) < 4.78 is 1.88. The third-order valence-corrected chi connectivity index (χ3v) is 3.48. The number of aryl methyl sites for hydroxylation is 2. The summed E-state index contributed by atoms with van der Waals surface area (Å²) in [5.41, 5.74) is 3.91. The highest BCUT2D eigenvalue weighted by molar-refractivity contribution is 5.69. The van der Waals surface area contributed by atoms with E-state index in [1.165, 1.54) is 18.4 Å². The molecule has 1 heterocycles. The molecule has 2 rings (SSSR count). The third-order valence-electron chi connectivity index (χ3n) is 3.48. The fraction of sp³-hybridized carbons (Fsp3) is 0.412. The van der Waals surface area contributed by atoms with Gasteiger partial charge in [0.25, 0.3) is 0 Å². The molecule has 21 heavy (non-hydrogen) atoms. The Labute approximate surface area is 126 Å². The van der Waals surface area contributed by atoms with Crippen molar-refractivity contribution >= 4 is 12.2 Å². The Morgan fingerprint density at radius 1 is 1.14 bits per heavy atom. The Bertz CT molecular complexity index is 585. The van der Waals surface area contributed by atoms with Crippen molar-refractivity contribution < 1.29 is 5.11 Å². The summed E-state index contributed by atoms with van der Waals surface area (Å²) in [6.45, 7) is 5.01. The van der Waals surface area contributed by atoms with Gasteiger partial charge < -0.3 is 5.11 Å². The second-order valence-electron chi connectivity index (χ2n) is 5.25. The quantitative estimate of drug-likeness (QED) is 0.793. The third kappa shape index (κ3) is 4.26. The van der Waals surface area contributed by atoms with E-state index in [0.29, 0.717) is 5.69 Å². The van der Waals surface area contributed by atoms with Crippen LogP contribution >= 0.6 is 0 Å². The summed E-state index contributed by atoms with van der Waals surface area (Å²) in [5.74, 6) is 0. The molecule has 0 atom stereocenters. The van der Waals surface area contributed by atoms with Crippen LogP contribution in [0.15, 0.2) is 24.3 Å². The predicted molar refractivity (Wildman–Crippen MR) is 85.6 cm³/mol. The average molecular weight is 285 g/mol. The fourth-order valence-electron chi connectivity index (χ4n) is 2.18. The van der Waals surface area contributed by atoms with Crippen LogP contribution < -0.4 is 0 Å². The van der Waals surface area contributed by atoms with E-state index in [0.717, 1.165) is 24.2 Å². The first-order chi connectivity index (χ1) is 10.2. The minimum atomic E-state index is -0.0820. The first-order valence-corrected chi connectivity index (χ1v) is 7.52. The number of rotatable bonds is 7. The number of hydrogen-bond acceptors (Lipinski definition) is 3. The van der Waals surface area contributed by atoms with Crippen LogP contribution in [0, 0.1) is 6.92 Å². The van der Waals surface area contributed by atoms with E-state index in [1.54, 1.807) is 0 Å². The van der Waals surface area contributed by atoms with Crippen molar-refractivity contribution in [2.45, 2.75) is 46.3 Å². The van der Waals surface area contributed by atoms with Gasteiger partial charge in [0.15, 0.2) is 0 Å². The van der Waals surface area contributed by atoms with Crippen molar-refractivity contribution in [1.82, 2.24) is 15.0 Å². The van der Waals surface area contributed by atoms with Gasteiger partial charge in [0.2, 0.25) is 0 Å². The first kappa shape index (κ1) is 15.4. The Balaban J connectivity index is 2.16. The molecule has 0 amide bonds. The second kappa shape index (κ2) is 7.74. The highest BCUT2D eigenvalue weighted by atomic mass is 16.3. The van der Waals surface area contributed by atoms with Gasteiger partial charge in [-0.2, -0.15) is 0 Å². The van der Waals surface area contributed by atoms with Crippen LogP contribution in [0.5, 0.6) is 0 Å². The van der Waals surface area contributed by atoms with E-state index in [9.17, 15) is 5.11 Å². The highest BCUT2D eigenvalue weighted by Crippen LogP contribution is 2.13. The Hall–Kier alpha value is -1.94. The molecule has 0 spiro atoms. The number of benzene rings is 1. The van der Waals surface area contributed by atoms with E-state index in [-0.39, 0.29) is 6.61 Å². The SMILES string of the molecule is CCCCCn1nnc(CO)c1/C=C/c1ccc(C)cc1. The normalized spacial score (nSPS) is 11.4. The number of aromatic nitrogens is 3. The van der Waals surface area contributed by atoms with Crippen molar-refractivity contribution in [3.05, 3.63) is 46.8 Å². The first-order valence-electron chi connectivity index (χ1n) is 7.52. The molecular weight excluding hydrogens is 262 g/mol.